The van der Waals surface area contributed by atoms with Crippen molar-refractivity contribution in [3.8, 4) is 0 Å². The van der Waals surface area contributed by atoms with E-state index in [0.717, 1.165) is 38.1 Å². The van der Waals surface area contributed by atoms with E-state index >= 15 is 0 Å². The van der Waals surface area contributed by atoms with Crippen molar-refractivity contribution in [3.63, 3.8) is 0 Å². The summed E-state index contributed by atoms with van der Waals surface area (Å²) < 4.78 is 2.53. The number of nitrogens with zero attached hydrogens (tertiary/aromatic N) is 2. The average molecular weight is 427 g/mol. The summed E-state index contributed by atoms with van der Waals surface area (Å²) in [5.41, 5.74) is 4.49. The largest absolute Gasteiger partial charge is 0.286 e. The van der Waals surface area contributed by atoms with Crippen LogP contribution in [0.4, 0.5) is 0 Å². The number of thioether (sulfide) groups is 1. The van der Waals surface area contributed by atoms with Crippen molar-refractivity contribution in [1.82, 2.24) is 9.55 Å². The zero-order chi connectivity index (χ0) is 19.5. The minimum absolute atomic E-state index is 0.0428. The van der Waals surface area contributed by atoms with Crippen LogP contribution in [0.2, 0.25) is 5.02 Å². The molecule has 0 atom stereocenters. The van der Waals surface area contributed by atoms with Gasteiger partial charge in [-0.25, -0.2) is 4.98 Å². The highest BCUT2D eigenvalue weighted by Gasteiger charge is 2.13. The quantitative estimate of drug-likeness (QED) is 0.282. The summed E-state index contributed by atoms with van der Waals surface area (Å²) in [6.45, 7) is 2.70. The Morgan fingerprint density at radius 1 is 1.11 bits per heavy atom. The number of halogens is 1. The molecule has 0 bridgehead atoms. The molecule has 0 spiro atoms. The zero-order valence-electron chi connectivity index (χ0n) is 15.4. The molecule has 3 nitrogen and oxygen atoms in total. The first-order chi connectivity index (χ1) is 13.6. The van der Waals surface area contributed by atoms with Crippen LogP contribution in [0.3, 0.4) is 0 Å². The summed E-state index contributed by atoms with van der Waals surface area (Å²) in [4.78, 5) is 17.8. The molecule has 2 aromatic heterocycles. The van der Waals surface area contributed by atoms with Crippen molar-refractivity contribution in [2.24, 2.45) is 0 Å². The van der Waals surface area contributed by atoms with E-state index in [9.17, 15) is 4.79 Å². The second-order valence-corrected chi connectivity index (χ2v) is 8.87. The minimum Gasteiger partial charge on any atom is -0.286 e. The van der Waals surface area contributed by atoms with Gasteiger partial charge in [0.05, 0.1) is 5.52 Å². The third-order valence-corrected chi connectivity index (χ3v) is 6.86. The van der Waals surface area contributed by atoms with E-state index in [2.05, 4.69) is 19.1 Å². The summed E-state index contributed by atoms with van der Waals surface area (Å²) in [5, 5.41) is 3.42. The number of rotatable bonds is 6. The molecular formula is C22H19ClN2OS2. The van der Waals surface area contributed by atoms with Gasteiger partial charge in [-0.1, -0.05) is 59.8 Å². The van der Waals surface area contributed by atoms with Crippen LogP contribution < -0.4 is 5.56 Å². The Hall–Kier alpha value is -2.08. The highest BCUT2D eigenvalue weighted by Crippen LogP contribution is 2.25. The van der Waals surface area contributed by atoms with Gasteiger partial charge in [0, 0.05) is 17.3 Å². The maximum atomic E-state index is 13.1. The van der Waals surface area contributed by atoms with Gasteiger partial charge in [-0.2, -0.15) is 0 Å². The molecule has 0 aliphatic heterocycles. The summed E-state index contributed by atoms with van der Waals surface area (Å²) in [7, 11) is 0. The fourth-order valence-corrected chi connectivity index (χ4v) is 5.04. The van der Waals surface area contributed by atoms with Gasteiger partial charge < -0.3 is 0 Å². The van der Waals surface area contributed by atoms with Gasteiger partial charge in [-0.3, -0.25) is 9.36 Å². The molecule has 4 rings (SSSR count). The summed E-state index contributed by atoms with van der Waals surface area (Å²) >= 11 is 9.05. The Bertz CT molecular complexity index is 1170. The molecule has 0 saturated heterocycles. The Morgan fingerprint density at radius 3 is 2.68 bits per heavy atom. The Balaban J connectivity index is 1.64. The van der Waals surface area contributed by atoms with E-state index in [0.29, 0.717) is 6.54 Å². The lowest BCUT2D eigenvalue weighted by molar-refractivity contribution is 0.596. The van der Waals surface area contributed by atoms with Gasteiger partial charge in [0.1, 0.15) is 4.70 Å². The summed E-state index contributed by atoms with van der Waals surface area (Å²) in [6.07, 6.45) is 0.758. The zero-order valence-corrected chi connectivity index (χ0v) is 17.8. The number of fused-ring (bicyclic) bond motifs is 1. The van der Waals surface area contributed by atoms with E-state index in [4.69, 9.17) is 16.6 Å². The number of aryl methyl sites for hydroxylation is 2. The molecule has 142 valence electrons. The molecule has 0 N–H and O–H groups in total. The molecule has 2 aromatic carbocycles. The van der Waals surface area contributed by atoms with E-state index in [1.807, 2.05) is 52.4 Å². The monoisotopic (exact) mass is 426 g/mol. The van der Waals surface area contributed by atoms with Gasteiger partial charge in [-0.05, 0) is 53.6 Å². The number of hydrogen-bond donors (Lipinski definition) is 0. The van der Waals surface area contributed by atoms with Crippen LogP contribution in [0, 0.1) is 6.92 Å². The molecule has 6 heteroatoms. The highest BCUT2D eigenvalue weighted by atomic mass is 35.5. The van der Waals surface area contributed by atoms with Crippen LogP contribution in [0.5, 0.6) is 0 Å². The predicted molar refractivity (Wildman–Crippen MR) is 120 cm³/mol. The highest BCUT2D eigenvalue weighted by molar-refractivity contribution is 7.98. The molecule has 0 fully saturated rings. The third-order valence-electron chi connectivity index (χ3n) is 4.69. The molecule has 0 aliphatic rings. The molecule has 2 heterocycles. The van der Waals surface area contributed by atoms with Crippen LogP contribution >= 0.6 is 34.7 Å². The van der Waals surface area contributed by atoms with Crippen molar-refractivity contribution in [2.45, 2.75) is 30.8 Å². The van der Waals surface area contributed by atoms with Crippen LogP contribution in [0.1, 0.15) is 16.7 Å². The molecule has 0 amide bonds. The van der Waals surface area contributed by atoms with E-state index in [-0.39, 0.29) is 5.56 Å². The number of thiophene rings is 1. The van der Waals surface area contributed by atoms with Gasteiger partial charge in [0.2, 0.25) is 0 Å². The SMILES string of the molecule is Cc1ccccc1CSc1nc2ccsc2c(=O)n1CCc1ccc(Cl)cc1. The second kappa shape index (κ2) is 8.52. The summed E-state index contributed by atoms with van der Waals surface area (Å²) in [6, 6.07) is 18.0. The van der Waals surface area contributed by atoms with Crippen molar-refractivity contribution in [1.29, 1.82) is 0 Å². The smallest absolute Gasteiger partial charge is 0.272 e. The fraction of sp³-hybridized carbons (Fsp3) is 0.182. The average Bonchev–Trinajstić information content (AvgIpc) is 3.17. The molecule has 0 radical (unpaired) electrons. The van der Waals surface area contributed by atoms with Crippen LogP contribution in [0.15, 0.2) is 69.9 Å². The fourth-order valence-electron chi connectivity index (χ4n) is 3.04. The lowest BCUT2D eigenvalue weighted by atomic mass is 10.1. The van der Waals surface area contributed by atoms with Crippen molar-refractivity contribution < 1.29 is 0 Å². The predicted octanol–water partition coefficient (Wildman–Crippen LogP) is 5.95. The first-order valence-corrected chi connectivity index (χ1v) is 11.3. The number of benzene rings is 2. The van der Waals surface area contributed by atoms with E-state index in [1.54, 1.807) is 11.8 Å². The first kappa shape index (κ1) is 19.2. The number of hydrogen-bond acceptors (Lipinski definition) is 4. The second-order valence-electron chi connectivity index (χ2n) is 6.58. The van der Waals surface area contributed by atoms with E-state index in [1.165, 1.54) is 22.5 Å². The maximum absolute atomic E-state index is 13.1. The van der Waals surface area contributed by atoms with Gasteiger partial charge in [0.25, 0.3) is 5.56 Å². The van der Waals surface area contributed by atoms with Crippen LogP contribution in [-0.4, -0.2) is 9.55 Å². The molecule has 0 aliphatic carbocycles. The molecular weight excluding hydrogens is 408 g/mol. The molecule has 28 heavy (non-hydrogen) atoms. The normalized spacial score (nSPS) is 11.2. The van der Waals surface area contributed by atoms with Gasteiger partial charge >= 0.3 is 0 Å². The van der Waals surface area contributed by atoms with Crippen LogP contribution in [-0.2, 0) is 18.7 Å². The maximum Gasteiger partial charge on any atom is 0.272 e. The topological polar surface area (TPSA) is 34.9 Å². The molecule has 0 unspecified atom stereocenters. The minimum atomic E-state index is 0.0428. The lowest BCUT2D eigenvalue weighted by Crippen LogP contribution is -2.23. The third kappa shape index (κ3) is 4.17. The summed E-state index contributed by atoms with van der Waals surface area (Å²) in [5.74, 6) is 0.787. The van der Waals surface area contributed by atoms with Crippen LogP contribution in [0.25, 0.3) is 10.2 Å². The first-order valence-electron chi connectivity index (χ1n) is 9.01. The van der Waals surface area contributed by atoms with Crippen molar-refractivity contribution in [3.05, 3.63) is 92.0 Å². The number of aromatic nitrogens is 2. The van der Waals surface area contributed by atoms with Crippen molar-refractivity contribution in [2.75, 3.05) is 0 Å². The van der Waals surface area contributed by atoms with Gasteiger partial charge in [0.15, 0.2) is 5.16 Å². The Morgan fingerprint density at radius 2 is 1.89 bits per heavy atom. The molecule has 4 aromatic rings. The standard InChI is InChI=1S/C22H19ClN2OS2/c1-15-4-2-3-5-17(15)14-28-22-24-19-11-13-27-20(19)21(26)25(22)12-10-16-6-8-18(23)9-7-16/h2-9,11,13H,10,12,14H2,1H3. The van der Waals surface area contributed by atoms with E-state index < -0.39 is 0 Å². The lowest BCUT2D eigenvalue weighted by Gasteiger charge is -2.13. The van der Waals surface area contributed by atoms with Gasteiger partial charge in [-0.15, -0.1) is 11.3 Å². The Labute approximate surface area is 177 Å². The van der Waals surface area contributed by atoms with Crippen molar-refractivity contribution >= 4 is 44.9 Å². The Kier molecular flexibility index (Phi) is 5.85. The molecule has 0 saturated carbocycles.